The Morgan fingerprint density at radius 2 is 1.50 bits per heavy atom. The van der Waals surface area contributed by atoms with E-state index < -0.39 is 5.91 Å². The van der Waals surface area contributed by atoms with Gasteiger partial charge < -0.3 is 20.1 Å². The van der Waals surface area contributed by atoms with Crippen molar-refractivity contribution >= 4 is 11.8 Å². The van der Waals surface area contributed by atoms with Gasteiger partial charge in [0, 0.05) is 30.8 Å². The van der Waals surface area contributed by atoms with E-state index >= 15 is 0 Å². The lowest BCUT2D eigenvalue weighted by Crippen LogP contribution is -2.26. The number of nitrogens with zero attached hydrogens (tertiary/aromatic N) is 1. The molecule has 2 aromatic rings. The average molecular weight is 328 g/mol. The van der Waals surface area contributed by atoms with E-state index in [0.29, 0.717) is 29.2 Å². The molecule has 2 N–H and O–H groups in total. The summed E-state index contributed by atoms with van der Waals surface area (Å²) in [5.74, 6) is 0.467. The number of carbonyl (C=O) groups is 2. The number of hydrogen-bond donors (Lipinski definition) is 1. The molecule has 6 heteroatoms. The van der Waals surface area contributed by atoms with Crippen LogP contribution in [0, 0.1) is 0 Å². The summed E-state index contributed by atoms with van der Waals surface area (Å²) in [5, 5.41) is 0. The highest BCUT2D eigenvalue weighted by molar-refractivity contribution is 5.95. The zero-order valence-corrected chi connectivity index (χ0v) is 13.9. The van der Waals surface area contributed by atoms with Crippen LogP contribution in [-0.2, 0) is 6.54 Å². The quantitative estimate of drug-likeness (QED) is 0.880. The van der Waals surface area contributed by atoms with Crippen LogP contribution in [0.5, 0.6) is 11.5 Å². The van der Waals surface area contributed by atoms with Crippen molar-refractivity contribution in [2.24, 2.45) is 5.73 Å². The Morgan fingerprint density at radius 3 is 1.96 bits per heavy atom. The van der Waals surface area contributed by atoms with Crippen LogP contribution in [0.4, 0.5) is 0 Å². The third kappa shape index (κ3) is 4.04. The summed E-state index contributed by atoms with van der Waals surface area (Å²) >= 11 is 0. The number of methoxy groups -OCH3 is 2. The van der Waals surface area contributed by atoms with Crippen LogP contribution >= 0.6 is 0 Å². The van der Waals surface area contributed by atoms with Crippen molar-refractivity contribution in [2.75, 3.05) is 21.3 Å². The third-order valence-electron chi connectivity index (χ3n) is 3.60. The van der Waals surface area contributed by atoms with Crippen molar-refractivity contribution in [1.82, 2.24) is 4.90 Å². The fourth-order valence-corrected chi connectivity index (χ4v) is 2.27. The van der Waals surface area contributed by atoms with Crippen molar-refractivity contribution in [2.45, 2.75) is 6.54 Å². The molecule has 0 saturated heterocycles. The van der Waals surface area contributed by atoms with E-state index in [1.54, 1.807) is 54.4 Å². The Hall–Kier alpha value is -3.02. The van der Waals surface area contributed by atoms with Crippen LogP contribution in [0.2, 0.25) is 0 Å². The van der Waals surface area contributed by atoms with Crippen LogP contribution < -0.4 is 15.2 Å². The van der Waals surface area contributed by atoms with Gasteiger partial charge in [0.05, 0.1) is 14.2 Å². The Labute approximate surface area is 140 Å². The standard InChI is InChI=1S/C18H20N2O4/c1-20(11-12-4-6-13(7-5-12)17(19)21)18(22)14-8-15(23-2)10-16(9-14)24-3/h4-10H,11H2,1-3H3,(H2,19,21). The molecule has 0 heterocycles. The maximum Gasteiger partial charge on any atom is 0.254 e. The summed E-state index contributed by atoms with van der Waals surface area (Å²) in [6.45, 7) is 0.400. The second-order valence-corrected chi connectivity index (χ2v) is 5.32. The fraction of sp³-hybridized carbons (Fsp3) is 0.222. The summed E-state index contributed by atoms with van der Waals surface area (Å²) in [6.07, 6.45) is 0. The SMILES string of the molecule is COc1cc(OC)cc(C(=O)N(C)Cc2ccc(C(N)=O)cc2)c1. The van der Waals surface area contributed by atoms with Crippen molar-refractivity contribution in [3.8, 4) is 11.5 Å². The molecule has 0 aromatic heterocycles. The minimum atomic E-state index is -0.477. The molecule has 0 spiro atoms. The second kappa shape index (κ2) is 7.50. The first-order valence-corrected chi connectivity index (χ1v) is 7.32. The molecule has 0 unspecified atom stereocenters. The van der Waals surface area contributed by atoms with E-state index in [-0.39, 0.29) is 5.91 Å². The number of nitrogens with two attached hydrogens (primary N) is 1. The van der Waals surface area contributed by atoms with Gasteiger partial charge in [0.1, 0.15) is 11.5 Å². The van der Waals surface area contributed by atoms with Gasteiger partial charge in [0.15, 0.2) is 0 Å². The molecule has 0 saturated carbocycles. The minimum absolute atomic E-state index is 0.161. The van der Waals surface area contributed by atoms with Crippen LogP contribution in [0.1, 0.15) is 26.3 Å². The number of carbonyl (C=O) groups excluding carboxylic acids is 2. The highest BCUT2D eigenvalue weighted by Crippen LogP contribution is 2.23. The lowest BCUT2D eigenvalue weighted by molar-refractivity contribution is 0.0784. The Balaban J connectivity index is 2.15. The highest BCUT2D eigenvalue weighted by Gasteiger charge is 2.15. The Kier molecular flexibility index (Phi) is 5.42. The van der Waals surface area contributed by atoms with E-state index in [1.165, 1.54) is 14.2 Å². The van der Waals surface area contributed by atoms with Gasteiger partial charge in [-0.15, -0.1) is 0 Å². The van der Waals surface area contributed by atoms with E-state index in [9.17, 15) is 9.59 Å². The molecule has 0 aliphatic heterocycles. The van der Waals surface area contributed by atoms with Gasteiger partial charge in [-0.2, -0.15) is 0 Å². The van der Waals surface area contributed by atoms with Crippen molar-refractivity contribution in [1.29, 1.82) is 0 Å². The molecule has 0 atom stereocenters. The predicted molar refractivity (Wildman–Crippen MR) is 90.3 cm³/mol. The van der Waals surface area contributed by atoms with Crippen LogP contribution in [0.25, 0.3) is 0 Å². The molecular formula is C18H20N2O4. The molecule has 2 rings (SSSR count). The van der Waals surface area contributed by atoms with Crippen LogP contribution in [0.3, 0.4) is 0 Å². The second-order valence-electron chi connectivity index (χ2n) is 5.32. The summed E-state index contributed by atoms with van der Waals surface area (Å²) < 4.78 is 10.4. The maximum atomic E-state index is 12.6. The zero-order valence-electron chi connectivity index (χ0n) is 13.9. The number of rotatable bonds is 6. The van der Waals surface area contributed by atoms with Crippen LogP contribution in [-0.4, -0.2) is 38.0 Å². The molecule has 126 valence electrons. The van der Waals surface area contributed by atoms with E-state index in [0.717, 1.165) is 5.56 Å². The van der Waals surface area contributed by atoms with Gasteiger partial charge in [-0.25, -0.2) is 0 Å². The van der Waals surface area contributed by atoms with Gasteiger partial charge in [-0.3, -0.25) is 9.59 Å². The van der Waals surface area contributed by atoms with Crippen molar-refractivity contribution < 1.29 is 19.1 Å². The first kappa shape index (κ1) is 17.3. The summed E-state index contributed by atoms with van der Waals surface area (Å²) in [7, 11) is 4.77. The van der Waals surface area contributed by atoms with Gasteiger partial charge in [-0.1, -0.05) is 12.1 Å². The molecule has 0 aliphatic carbocycles. The number of ether oxygens (including phenoxy) is 2. The first-order chi connectivity index (χ1) is 11.4. The number of benzene rings is 2. The Morgan fingerprint density at radius 1 is 0.958 bits per heavy atom. The largest absolute Gasteiger partial charge is 0.497 e. The average Bonchev–Trinajstić information content (AvgIpc) is 2.60. The highest BCUT2D eigenvalue weighted by atomic mass is 16.5. The molecule has 24 heavy (non-hydrogen) atoms. The summed E-state index contributed by atoms with van der Waals surface area (Å²) in [5.41, 5.74) is 7.02. The number of primary amides is 1. The molecular weight excluding hydrogens is 308 g/mol. The van der Waals surface area contributed by atoms with Gasteiger partial charge in [-0.05, 0) is 29.8 Å². The summed E-state index contributed by atoms with van der Waals surface area (Å²) in [4.78, 5) is 25.3. The fourth-order valence-electron chi connectivity index (χ4n) is 2.27. The molecule has 6 nitrogen and oxygen atoms in total. The zero-order chi connectivity index (χ0) is 17.7. The minimum Gasteiger partial charge on any atom is -0.497 e. The maximum absolute atomic E-state index is 12.6. The monoisotopic (exact) mass is 328 g/mol. The molecule has 0 aliphatic rings. The molecule has 0 fully saturated rings. The lowest BCUT2D eigenvalue weighted by atomic mass is 10.1. The smallest absolute Gasteiger partial charge is 0.254 e. The van der Waals surface area contributed by atoms with E-state index in [2.05, 4.69) is 0 Å². The molecule has 0 radical (unpaired) electrons. The molecule has 2 amide bonds. The Bertz CT molecular complexity index is 719. The topological polar surface area (TPSA) is 81.9 Å². The number of hydrogen-bond acceptors (Lipinski definition) is 4. The van der Waals surface area contributed by atoms with E-state index in [1.807, 2.05) is 0 Å². The van der Waals surface area contributed by atoms with Crippen LogP contribution in [0.15, 0.2) is 42.5 Å². The summed E-state index contributed by atoms with van der Waals surface area (Å²) in [6, 6.07) is 11.9. The van der Waals surface area contributed by atoms with Gasteiger partial charge in [0.25, 0.3) is 5.91 Å². The normalized spacial score (nSPS) is 10.1. The lowest BCUT2D eigenvalue weighted by Gasteiger charge is -2.18. The van der Waals surface area contributed by atoms with Gasteiger partial charge in [0.2, 0.25) is 5.91 Å². The van der Waals surface area contributed by atoms with Gasteiger partial charge >= 0.3 is 0 Å². The first-order valence-electron chi connectivity index (χ1n) is 7.32. The van der Waals surface area contributed by atoms with Crippen molar-refractivity contribution in [3.05, 3.63) is 59.2 Å². The van der Waals surface area contributed by atoms with Crippen molar-refractivity contribution in [3.63, 3.8) is 0 Å². The number of amides is 2. The molecule has 2 aromatic carbocycles. The molecule has 0 bridgehead atoms. The van der Waals surface area contributed by atoms with E-state index in [4.69, 9.17) is 15.2 Å². The third-order valence-corrected chi connectivity index (χ3v) is 3.60. The predicted octanol–water partition coefficient (Wildman–Crippen LogP) is 2.07.